The summed E-state index contributed by atoms with van der Waals surface area (Å²) in [5.41, 5.74) is -0.311. The molecule has 0 N–H and O–H groups in total. The maximum Gasteiger partial charge on any atom is 0.311 e. The van der Waals surface area contributed by atoms with Gasteiger partial charge >= 0.3 is 5.97 Å². The van der Waals surface area contributed by atoms with Crippen LogP contribution in [0.25, 0.3) is 0 Å². The Hall–Kier alpha value is -0.530. The van der Waals surface area contributed by atoms with E-state index in [9.17, 15) is 4.79 Å². The van der Waals surface area contributed by atoms with Crippen molar-refractivity contribution >= 4 is 5.97 Å². The molecule has 6 unspecified atom stereocenters. The summed E-state index contributed by atoms with van der Waals surface area (Å²) >= 11 is 0. The highest BCUT2D eigenvalue weighted by atomic mass is 16.5. The van der Waals surface area contributed by atoms with Crippen molar-refractivity contribution in [2.24, 2.45) is 40.9 Å². The summed E-state index contributed by atoms with van der Waals surface area (Å²) in [7, 11) is 1.42. The average molecular weight is 278 g/mol. The van der Waals surface area contributed by atoms with Crippen molar-refractivity contribution in [3.8, 4) is 0 Å². The number of carbonyl (C=O) groups excluding carboxylic acids is 1. The van der Waals surface area contributed by atoms with Crippen molar-refractivity contribution in [2.75, 3.05) is 7.11 Å². The molecule has 0 aromatic rings. The molecular formula is C18H30O2. The van der Waals surface area contributed by atoms with Crippen molar-refractivity contribution in [2.45, 2.75) is 59.3 Å². The molecule has 20 heavy (non-hydrogen) atoms. The molecule has 4 rings (SSSR count). The fraction of sp³-hybridized carbons (Fsp3) is 0.944. The molecule has 0 amide bonds. The van der Waals surface area contributed by atoms with Gasteiger partial charge in [-0.3, -0.25) is 4.79 Å². The van der Waals surface area contributed by atoms with E-state index in [1.54, 1.807) is 32.1 Å². The molecule has 0 radical (unpaired) electrons. The van der Waals surface area contributed by atoms with E-state index in [2.05, 4.69) is 4.74 Å². The van der Waals surface area contributed by atoms with E-state index in [-0.39, 0.29) is 11.4 Å². The Morgan fingerprint density at radius 1 is 1.05 bits per heavy atom. The van der Waals surface area contributed by atoms with Gasteiger partial charge in [0.15, 0.2) is 0 Å². The van der Waals surface area contributed by atoms with E-state index in [4.69, 9.17) is 0 Å². The lowest BCUT2D eigenvalue weighted by atomic mass is 9.79. The minimum absolute atomic E-state index is 0.134. The normalized spacial score (nSPS) is 43.4. The molecule has 4 fully saturated rings. The topological polar surface area (TPSA) is 26.3 Å². The van der Waals surface area contributed by atoms with E-state index in [1.807, 2.05) is 20.8 Å². The monoisotopic (exact) mass is 278 g/mol. The molecule has 0 aromatic carbocycles. The lowest BCUT2D eigenvalue weighted by Crippen LogP contribution is -2.24. The molecule has 2 bridgehead atoms. The molecule has 0 saturated heterocycles. The summed E-state index contributed by atoms with van der Waals surface area (Å²) in [6, 6.07) is 0. The molecule has 0 aromatic heterocycles. The summed E-state index contributed by atoms with van der Waals surface area (Å²) < 4.78 is 4.57. The predicted octanol–water partition coefficient (Wildman–Crippen LogP) is 4.28. The van der Waals surface area contributed by atoms with Crippen LogP contribution in [0.15, 0.2) is 0 Å². The molecule has 0 heterocycles. The summed E-state index contributed by atoms with van der Waals surface area (Å²) in [6.07, 6.45) is 8.94. The van der Waals surface area contributed by atoms with Crippen LogP contribution in [-0.4, -0.2) is 13.1 Å². The molecule has 4 aliphatic rings. The highest BCUT2D eigenvalue weighted by Crippen LogP contribution is 2.70. The summed E-state index contributed by atoms with van der Waals surface area (Å²) in [5.74, 6) is 7.24. The second kappa shape index (κ2) is 5.03. The average Bonchev–Trinajstić information content (AvgIpc) is 2.86. The lowest BCUT2D eigenvalue weighted by Gasteiger charge is -2.26. The number of rotatable bonds is 2. The van der Waals surface area contributed by atoms with Crippen LogP contribution >= 0.6 is 0 Å². The molecule has 4 aliphatic carbocycles. The fourth-order valence-electron chi connectivity index (χ4n) is 5.26. The Morgan fingerprint density at radius 3 is 2.15 bits per heavy atom. The van der Waals surface area contributed by atoms with Gasteiger partial charge in [-0.05, 0) is 87.9 Å². The molecule has 114 valence electrons. The van der Waals surface area contributed by atoms with Gasteiger partial charge in [0.25, 0.3) is 0 Å². The SMILES string of the molecule is C1CC2CC1C1CC3CC3C21.CCC(C)(C)C(=O)OC. The van der Waals surface area contributed by atoms with Crippen molar-refractivity contribution in [3.63, 3.8) is 0 Å². The van der Waals surface area contributed by atoms with Crippen LogP contribution in [0.3, 0.4) is 0 Å². The predicted molar refractivity (Wildman–Crippen MR) is 80.1 cm³/mol. The standard InChI is InChI=1S/C11H16.C7H14O2/c1-2-7-3-6(1)9-4-8-5-10(8)11(7)9;1-5-7(2,3)6(8)9-4/h6-11H,1-5H2;5H2,1-4H3. The number of esters is 1. The van der Waals surface area contributed by atoms with Crippen LogP contribution in [0.4, 0.5) is 0 Å². The van der Waals surface area contributed by atoms with Gasteiger partial charge in [-0.25, -0.2) is 0 Å². The minimum atomic E-state index is -0.311. The van der Waals surface area contributed by atoms with Gasteiger partial charge in [0, 0.05) is 0 Å². The molecule has 2 heteroatoms. The van der Waals surface area contributed by atoms with Gasteiger partial charge in [0.05, 0.1) is 12.5 Å². The maximum atomic E-state index is 10.8. The summed E-state index contributed by atoms with van der Waals surface area (Å²) in [6.45, 7) is 5.72. The minimum Gasteiger partial charge on any atom is -0.469 e. The zero-order valence-electron chi connectivity index (χ0n) is 13.5. The van der Waals surface area contributed by atoms with Crippen molar-refractivity contribution in [3.05, 3.63) is 0 Å². The first kappa shape index (κ1) is 14.4. The van der Waals surface area contributed by atoms with E-state index >= 15 is 0 Å². The van der Waals surface area contributed by atoms with Crippen molar-refractivity contribution < 1.29 is 9.53 Å². The third-order valence-corrected chi connectivity index (χ3v) is 6.83. The van der Waals surface area contributed by atoms with E-state index in [0.29, 0.717) is 0 Å². The first-order chi connectivity index (χ1) is 9.47. The lowest BCUT2D eigenvalue weighted by molar-refractivity contribution is -0.150. The largest absolute Gasteiger partial charge is 0.469 e. The van der Waals surface area contributed by atoms with Crippen LogP contribution in [-0.2, 0) is 9.53 Å². The number of hydrogen-bond acceptors (Lipinski definition) is 2. The fourth-order valence-corrected chi connectivity index (χ4v) is 5.26. The van der Waals surface area contributed by atoms with Crippen LogP contribution in [0, 0.1) is 40.9 Å². The van der Waals surface area contributed by atoms with Gasteiger partial charge in [-0.1, -0.05) is 6.92 Å². The Labute approximate surface area is 123 Å². The van der Waals surface area contributed by atoms with E-state index in [0.717, 1.165) is 6.42 Å². The van der Waals surface area contributed by atoms with Gasteiger partial charge in [0.2, 0.25) is 0 Å². The zero-order chi connectivity index (χ0) is 14.5. The number of ether oxygens (including phenoxy) is 1. The second-order valence-electron chi connectivity index (χ2n) is 8.20. The zero-order valence-corrected chi connectivity index (χ0v) is 13.5. The third-order valence-electron chi connectivity index (χ3n) is 6.83. The number of hydrogen-bond donors (Lipinski definition) is 0. The van der Waals surface area contributed by atoms with Gasteiger partial charge < -0.3 is 4.74 Å². The summed E-state index contributed by atoms with van der Waals surface area (Å²) in [4.78, 5) is 10.8. The molecule has 6 atom stereocenters. The Kier molecular flexibility index (Phi) is 3.63. The van der Waals surface area contributed by atoms with Crippen molar-refractivity contribution in [1.82, 2.24) is 0 Å². The van der Waals surface area contributed by atoms with Crippen LogP contribution in [0.2, 0.25) is 0 Å². The van der Waals surface area contributed by atoms with Gasteiger partial charge in [-0.15, -0.1) is 0 Å². The third kappa shape index (κ3) is 2.29. The molecular weight excluding hydrogens is 248 g/mol. The number of carbonyl (C=O) groups is 1. The Bertz CT molecular complexity index is 387. The molecule has 0 spiro atoms. The van der Waals surface area contributed by atoms with E-state index in [1.165, 1.54) is 42.6 Å². The van der Waals surface area contributed by atoms with Crippen LogP contribution in [0.5, 0.6) is 0 Å². The van der Waals surface area contributed by atoms with Gasteiger partial charge in [-0.2, -0.15) is 0 Å². The second-order valence-corrected chi connectivity index (χ2v) is 8.20. The summed E-state index contributed by atoms with van der Waals surface area (Å²) in [5, 5.41) is 0. The highest BCUT2D eigenvalue weighted by molar-refractivity contribution is 5.75. The Morgan fingerprint density at radius 2 is 1.65 bits per heavy atom. The van der Waals surface area contributed by atoms with Crippen LogP contribution in [0.1, 0.15) is 59.3 Å². The van der Waals surface area contributed by atoms with Gasteiger partial charge in [0.1, 0.15) is 0 Å². The molecule has 4 saturated carbocycles. The number of methoxy groups -OCH3 is 1. The molecule has 2 nitrogen and oxygen atoms in total. The first-order valence-electron chi connectivity index (χ1n) is 8.56. The van der Waals surface area contributed by atoms with Crippen molar-refractivity contribution in [1.29, 1.82) is 0 Å². The quantitative estimate of drug-likeness (QED) is 0.705. The number of fused-ring (bicyclic) bond motifs is 7. The smallest absolute Gasteiger partial charge is 0.311 e. The molecule has 0 aliphatic heterocycles. The first-order valence-corrected chi connectivity index (χ1v) is 8.56. The Balaban J connectivity index is 0.000000126. The maximum absolute atomic E-state index is 10.8. The van der Waals surface area contributed by atoms with E-state index < -0.39 is 0 Å². The van der Waals surface area contributed by atoms with Crippen LogP contribution < -0.4 is 0 Å². The highest BCUT2D eigenvalue weighted by Gasteiger charge is 2.62.